The van der Waals surface area contributed by atoms with E-state index in [1.54, 1.807) is 7.05 Å². The van der Waals surface area contributed by atoms with Crippen molar-refractivity contribution in [3.63, 3.8) is 0 Å². The molecule has 1 heterocycles. The first-order valence-electron chi connectivity index (χ1n) is 9.70. The van der Waals surface area contributed by atoms with Crippen molar-refractivity contribution >= 4 is 21.9 Å². The molecule has 0 bridgehead atoms. The van der Waals surface area contributed by atoms with Gasteiger partial charge < -0.3 is 24.8 Å². The van der Waals surface area contributed by atoms with E-state index >= 15 is 0 Å². The van der Waals surface area contributed by atoms with Crippen LogP contribution in [0.2, 0.25) is 0 Å². The molecule has 0 saturated carbocycles. The molecule has 1 aliphatic rings. The molecule has 0 amide bonds. The van der Waals surface area contributed by atoms with Gasteiger partial charge in [0.2, 0.25) is 0 Å². The standard InChI is InChI=1S/C20H32BrN3O3/c1-16(27-19-7-4-3-6-18(19)21)14-24-20(22-2)23-10-5-11-26-15-17-8-12-25-13-9-17/h3-4,6-7,16-17H,5,8-15H2,1-2H3,(H2,22,23,24). The molecule has 1 aliphatic heterocycles. The van der Waals surface area contributed by atoms with Crippen LogP contribution in [0, 0.1) is 5.92 Å². The van der Waals surface area contributed by atoms with Crippen LogP contribution in [0.3, 0.4) is 0 Å². The molecule has 152 valence electrons. The van der Waals surface area contributed by atoms with Crippen molar-refractivity contribution in [3.05, 3.63) is 28.7 Å². The molecule has 1 aromatic carbocycles. The quantitative estimate of drug-likeness (QED) is 0.331. The normalized spacial score (nSPS) is 16.8. The van der Waals surface area contributed by atoms with Gasteiger partial charge in [-0.3, -0.25) is 4.99 Å². The summed E-state index contributed by atoms with van der Waals surface area (Å²) in [5, 5.41) is 6.61. The molecule has 6 nitrogen and oxygen atoms in total. The summed E-state index contributed by atoms with van der Waals surface area (Å²) in [6, 6.07) is 7.86. The van der Waals surface area contributed by atoms with Gasteiger partial charge in [-0.25, -0.2) is 0 Å². The second-order valence-corrected chi connectivity index (χ2v) is 7.58. The zero-order valence-electron chi connectivity index (χ0n) is 16.4. The molecule has 2 N–H and O–H groups in total. The first kappa shape index (κ1) is 22.0. The highest BCUT2D eigenvalue weighted by atomic mass is 79.9. The SMILES string of the molecule is CN=C(NCCCOCC1CCOCC1)NCC(C)Oc1ccccc1Br. The Balaban J connectivity index is 1.54. The van der Waals surface area contributed by atoms with E-state index in [0.29, 0.717) is 12.5 Å². The Bertz CT molecular complexity index is 565. The first-order valence-corrected chi connectivity index (χ1v) is 10.5. The van der Waals surface area contributed by atoms with E-state index in [9.17, 15) is 0 Å². The zero-order valence-corrected chi connectivity index (χ0v) is 18.0. The van der Waals surface area contributed by atoms with E-state index in [0.717, 1.165) is 68.4 Å². The van der Waals surface area contributed by atoms with E-state index in [-0.39, 0.29) is 6.10 Å². The molecule has 1 saturated heterocycles. The van der Waals surface area contributed by atoms with Crippen LogP contribution in [0.15, 0.2) is 33.7 Å². The second-order valence-electron chi connectivity index (χ2n) is 6.72. The minimum absolute atomic E-state index is 0.0186. The molecule has 1 atom stereocenters. The van der Waals surface area contributed by atoms with Gasteiger partial charge in [0.25, 0.3) is 0 Å². The van der Waals surface area contributed by atoms with E-state index in [2.05, 4.69) is 31.6 Å². The largest absolute Gasteiger partial charge is 0.488 e. The molecular weight excluding hydrogens is 410 g/mol. The Morgan fingerprint density at radius 1 is 1.30 bits per heavy atom. The molecule has 1 fully saturated rings. The monoisotopic (exact) mass is 441 g/mol. The molecule has 0 aromatic heterocycles. The van der Waals surface area contributed by atoms with E-state index in [4.69, 9.17) is 14.2 Å². The Hall–Kier alpha value is -1.31. The minimum Gasteiger partial charge on any atom is -0.488 e. The van der Waals surface area contributed by atoms with Gasteiger partial charge in [-0.1, -0.05) is 12.1 Å². The Kier molecular flexibility index (Phi) is 10.6. The lowest BCUT2D eigenvalue weighted by molar-refractivity contribution is 0.0203. The maximum atomic E-state index is 5.93. The number of hydrogen-bond acceptors (Lipinski definition) is 4. The molecular formula is C20H32BrN3O3. The lowest BCUT2D eigenvalue weighted by atomic mass is 10.0. The fourth-order valence-corrected chi connectivity index (χ4v) is 3.18. The fraction of sp³-hybridized carbons (Fsp3) is 0.650. The third-order valence-electron chi connectivity index (χ3n) is 4.40. The predicted molar refractivity (Wildman–Crippen MR) is 113 cm³/mol. The molecule has 1 unspecified atom stereocenters. The smallest absolute Gasteiger partial charge is 0.191 e. The molecule has 7 heteroatoms. The minimum atomic E-state index is 0.0186. The molecule has 1 aromatic rings. The van der Waals surface area contributed by atoms with Crippen LogP contribution in [0.25, 0.3) is 0 Å². The van der Waals surface area contributed by atoms with Gasteiger partial charge >= 0.3 is 0 Å². The number of halogens is 1. The van der Waals surface area contributed by atoms with Crippen molar-refractivity contribution in [2.24, 2.45) is 10.9 Å². The van der Waals surface area contributed by atoms with Gasteiger partial charge in [0.05, 0.1) is 11.0 Å². The highest BCUT2D eigenvalue weighted by Gasteiger charge is 2.13. The third kappa shape index (κ3) is 8.95. The van der Waals surface area contributed by atoms with Crippen molar-refractivity contribution < 1.29 is 14.2 Å². The van der Waals surface area contributed by atoms with Crippen LogP contribution in [0.5, 0.6) is 5.75 Å². The van der Waals surface area contributed by atoms with Crippen LogP contribution in [-0.4, -0.2) is 58.6 Å². The average molecular weight is 442 g/mol. The number of ether oxygens (including phenoxy) is 3. The summed E-state index contributed by atoms with van der Waals surface area (Å²) in [5.41, 5.74) is 0. The Morgan fingerprint density at radius 2 is 2.07 bits per heavy atom. The number of rotatable bonds is 10. The van der Waals surface area contributed by atoms with Crippen LogP contribution in [0.1, 0.15) is 26.2 Å². The Labute approximate surface area is 171 Å². The van der Waals surface area contributed by atoms with Crippen LogP contribution in [-0.2, 0) is 9.47 Å². The number of hydrogen-bond donors (Lipinski definition) is 2. The first-order chi connectivity index (χ1) is 13.2. The Morgan fingerprint density at radius 3 is 2.81 bits per heavy atom. The maximum absolute atomic E-state index is 5.93. The highest BCUT2D eigenvalue weighted by molar-refractivity contribution is 9.10. The number of guanidine groups is 1. The average Bonchev–Trinajstić information content (AvgIpc) is 2.69. The van der Waals surface area contributed by atoms with Crippen LogP contribution < -0.4 is 15.4 Å². The highest BCUT2D eigenvalue weighted by Crippen LogP contribution is 2.24. The van der Waals surface area contributed by atoms with Gasteiger partial charge in [0.15, 0.2) is 5.96 Å². The second kappa shape index (κ2) is 13.0. The van der Waals surface area contributed by atoms with E-state index < -0.39 is 0 Å². The van der Waals surface area contributed by atoms with Crippen LogP contribution in [0.4, 0.5) is 0 Å². The van der Waals surface area contributed by atoms with E-state index in [1.807, 2.05) is 31.2 Å². The molecule has 0 spiro atoms. The number of para-hydroxylation sites is 1. The summed E-state index contributed by atoms with van der Waals surface area (Å²) >= 11 is 3.50. The predicted octanol–water partition coefficient (Wildman–Crippen LogP) is 3.21. The molecule has 27 heavy (non-hydrogen) atoms. The summed E-state index contributed by atoms with van der Waals surface area (Å²) in [4.78, 5) is 4.25. The van der Waals surface area contributed by atoms with Crippen molar-refractivity contribution in [2.75, 3.05) is 46.6 Å². The van der Waals surface area contributed by atoms with E-state index in [1.165, 1.54) is 0 Å². The van der Waals surface area contributed by atoms with Crippen molar-refractivity contribution in [3.8, 4) is 5.75 Å². The van der Waals surface area contributed by atoms with Crippen molar-refractivity contribution in [1.29, 1.82) is 0 Å². The summed E-state index contributed by atoms with van der Waals surface area (Å²) in [5.74, 6) is 2.28. The number of nitrogens with zero attached hydrogens (tertiary/aromatic N) is 1. The van der Waals surface area contributed by atoms with Crippen molar-refractivity contribution in [1.82, 2.24) is 10.6 Å². The van der Waals surface area contributed by atoms with Crippen LogP contribution >= 0.6 is 15.9 Å². The van der Waals surface area contributed by atoms with Gasteiger partial charge in [-0.05, 0) is 60.2 Å². The summed E-state index contributed by atoms with van der Waals surface area (Å²) in [6.45, 7) is 6.89. The zero-order chi connectivity index (χ0) is 19.3. The summed E-state index contributed by atoms with van der Waals surface area (Å²) < 4.78 is 18.0. The van der Waals surface area contributed by atoms with Gasteiger partial charge in [0.1, 0.15) is 11.9 Å². The molecule has 0 aliphatic carbocycles. The summed E-state index contributed by atoms with van der Waals surface area (Å²) in [7, 11) is 1.77. The maximum Gasteiger partial charge on any atom is 0.191 e. The number of nitrogens with one attached hydrogen (secondary N) is 2. The van der Waals surface area contributed by atoms with Gasteiger partial charge in [-0.2, -0.15) is 0 Å². The lowest BCUT2D eigenvalue weighted by Gasteiger charge is -2.21. The number of benzene rings is 1. The molecule has 2 rings (SSSR count). The fourth-order valence-electron chi connectivity index (χ4n) is 2.80. The number of aliphatic imine (C=N–C) groups is 1. The third-order valence-corrected chi connectivity index (χ3v) is 5.05. The van der Waals surface area contributed by atoms with Gasteiger partial charge in [-0.15, -0.1) is 0 Å². The van der Waals surface area contributed by atoms with Crippen molar-refractivity contribution in [2.45, 2.75) is 32.3 Å². The summed E-state index contributed by atoms with van der Waals surface area (Å²) in [6.07, 6.45) is 3.21. The van der Waals surface area contributed by atoms with Gasteiger partial charge in [0, 0.05) is 40.0 Å². The molecule has 0 radical (unpaired) electrons. The lowest BCUT2D eigenvalue weighted by Crippen LogP contribution is -2.42. The topological polar surface area (TPSA) is 64.1 Å².